The molecule has 6 heteroatoms. The van der Waals surface area contributed by atoms with Crippen molar-refractivity contribution in [2.75, 3.05) is 26.2 Å². The maximum atomic E-state index is 13.1. The van der Waals surface area contributed by atoms with E-state index in [1.807, 2.05) is 24.3 Å². The summed E-state index contributed by atoms with van der Waals surface area (Å²) in [5.41, 5.74) is 0. The Morgan fingerprint density at radius 2 is 1.85 bits per heavy atom. The molecule has 1 N–H and O–H groups in total. The lowest BCUT2D eigenvalue weighted by Crippen LogP contribution is -2.43. The van der Waals surface area contributed by atoms with Crippen molar-refractivity contribution in [3.63, 3.8) is 0 Å². The topological polar surface area (TPSA) is 41.9 Å². The lowest BCUT2D eigenvalue weighted by atomic mass is 10.1. The van der Waals surface area contributed by atoms with E-state index in [0.29, 0.717) is 17.3 Å². The molecular formula is C20H23ClFNO3. The highest BCUT2D eigenvalue weighted by atomic mass is 35.5. The molecule has 4 nitrogen and oxygen atoms in total. The van der Waals surface area contributed by atoms with E-state index in [-0.39, 0.29) is 18.5 Å². The maximum Gasteiger partial charge on any atom is 0.126 e. The summed E-state index contributed by atoms with van der Waals surface area (Å²) in [7, 11) is 0. The van der Waals surface area contributed by atoms with E-state index in [4.69, 9.17) is 21.1 Å². The molecule has 2 aromatic rings. The summed E-state index contributed by atoms with van der Waals surface area (Å²) in [4.78, 5) is 2.20. The third kappa shape index (κ3) is 5.87. The van der Waals surface area contributed by atoms with Crippen LogP contribution in [0.2, 0.25) is 5.02 Å². The van der Waals surface area contributed by atoms with E-state index in [2.05, 4.69) is 4.90 Å². The molecule has 1 aliphatic heterocycles. The van der Waals surface area contributed by atoms with Crippen molar-refractivity contribution in [3.05, 3.63) is 59.4 Å². The van der Waals surface area contributed by atoms with Gasteiger partial charge in [-0.05, 0) is 49.2 Å². The number of hydrogen-bond acceptors (Lipinski definition) is 4. The fourth-order valence-electron chi connectivity index (χ4n) is 3.02. The van der Waals surface area contributed by atoms with Gasteiger partial charge >= 0.3 is 0 Å². The van der Waals surface area contributed by atoms with Gasteiger partial charge in [0.15, 0.2) is 0 Å². The van der Waals surface area contributed by atoms with Gasteiger partial charge < -0.3 is 19.5 Å². The molecule has 0 aromatic heterocycles. The molecule has 1 unspecified atom stereocenters. The van der Waals surface area contributed by atoms with Gasteiger partial charge in [-0.25, -0.2) is 4.39 Å². The molecule has 0 bridgehead atoms. The molecule has 1 fully saturated rings. The molecule has 3 rings (SSSR count). The van der Waals surface area contributed by atoms with E-state index in [1.54, 1.807) is 12.1 Å². The lowest BCUT2D eigenvalue weighted by molar-refractivity contribution is 0.0401. The number of piperidine rings is 1. The van der Waals surface area contributed by atoms with Crippen molar-refractivity contribution in [2.24, 2.45) is 0 Å². The number of likely N-dealkylation sites (tertiary alicyclic amines) is 1. The molecule has 26 heavy (non-hydrogen) atoms. The normalized spacial score (nSPS) is 17.0. The highest BCUT2D eigenvalue weighted by Gasteiger charge is 2.22. The van der Waals surface area contributed by atoms with Crippen LogP contribution in [-0.2, 0) is 0 Å². The minimum Gasteiger partial charge on any atom is -0.491 e. The van der Waals surface area contributed by atoms with E-state index < -0.39 is 6.10 Å². The predicted octanol–water partition coefficient (Wildman–Crippen LogP) is 3.76. The Balaban J connectivity index is 1.37. The Morgan fingerprint density at radius 1 is 1.12 bits per heavy atom. The van der Waals surface area contributed by atoms with Crippen LogP contribution in [0.3, 0.4) is 0 Å². The van der Waals surface area contributed by atoms with E-state index in [9.17, 15) is 9.50 Å². The van der Waals surface area contributed by atoms with Crippen molar-refractivity contribution in [1.29, 1.82) is 0 Å². The van der Waals surface area contributed by atoms with Crippen LogP contribution in [0.15, 0.2) is 48.5 Å². The van der Waals surface area contributed by atoms with Gasteiger partial charge in [-0.1, -0.05) is 17.7 Å². The zero-order valence-corrected chi connectivity index (χ0v) is 15.2. The Hall–Kier alpha value is -1.82. The van der Waals surface area contributed by atoms with Crippen molar-refractivity contribution in [2.45, 2.75) is 25.0 Å². The quantitative estimate of drug-likeness (QED) is 0.795. The lowest BCUT2D eigenvalue weighted by Gasteiger charge is -2.33. The largest absolute Gasteiger partial charge is 0.491 e. The first-order chi connectivity index (χ1) is 12.6. The molecule has 2 aromatic carbocycles. The highest BCUT2D eigenvalue weighted by Crippen LogP contribution is 2.21. The highest BCUT2D eigenvalue weighted by molar-refractivity contribution is 6.30. The van der Waals surface area contributed by atoms with Crippen LogP contribution in [0, 0.1) is 5.82 Å². The number of aliphatic hydroxyl groups excluding tert-OH is 1. The smallest absolute Gasteiger partial charge is 0.126 e. The molecule has 1 heterocycles. The standard InChI is InChI=1S/C20H23ClFNO3/c21-15-4-6-18(7-5-15)26-19-8-10-23(11-9-19)13-17(24)14-25-20-3-1-2-16(22)12-20/h1-7,12,17,19,24H,8-11,13-14H2. The molecule has 0 amide bonds. The minimum absolute atomic E-state index is 0.144. The van der Waals surface area contributed by atoms with E-state index >= 15 is 0 Å². The van der Waals surface area contributed by atoms with Crippen LogP contribution in [0.5, 0.6) is 11.5 Å². The van der Waals surface area contributed by atoms with E-state index in [0.717, 1.165) is 31.7 Å². The number of nitrogens with zero attached hydrogens (tertiary/aromatic N) is 1. The zero-order chi connectivity index (χ0) is 18.4. The van der Waals surface area contributed by atoms with Crippen LogP contribution >= 0.6 is 11.6 Å². The maximum absolute atomic E-state index is 13.1. The monoisotopic (exact) mass is 379 g/mol. The third-order valence-corrected chi connectivity index (χ3v) is 4.61. The van der Waals surface area contributed by atoms with Crippen LogP contribution in [-0.4, -0.2) is 48.5 Å². The Morgan fingerprint density at radius 3 is 2.54 bits per heavy atom. The third-order valence-electron chi connectivity index (χ3n) is 4.36. The SMILES string of the molecule is OC(COc1cccc(F)c1)CN1CCC(Oc2ccc(Cl)cc2)CC1. The van der Waals surface area contributed by atoms with Crippen LogP contribution < -0.4 is 9.47 Å². The first kappa shape index (κ1) is 19.0. The molecule has 0 radical (unpaired) electrons. The number of aliphatic hydroxyl groups is 1. The minimum atomic E-state index is -0.619. The number of halogens is 2. The first-order valence-electron chi connectivity index (χ1n) is 8.79. The summed E-state index contributed by atoms with van der Waals surface area (Å²) < 4.78 is 24.5. The fraction of sp³-hybridized carbons (Fsp3) is 0.400. The molecule has 140 valence electrons. The zero-order valence-electron chi connectivity index (χ0n) is 14.5. The van der Waals surface area contributed by atoms with Gasteiger partial charge in [0.25, 0.3) is 0 Å². The molecule has 1 saturated heterocycles. The number of ether oxygens (including phenoxy) is 2. The van der Waals surface area contributed by atoms with Gasteiger partial charge in [-0.2, -0.15) is 0 Å². The molecule has 0 spiro atoms. The molecule has 0 aliphatic carbocycles. The molecule has 1 atom stereocenters. The Bertz CT molecular complexity index is 690. The first-order valence-corrected chi connectivity index (χ1v) is 9.17. The van der Waals surface area contributed by atoms with Gasteiger partial charge in [0.05, 0.1) is 0 Å². The summed E-state index contributed by atoms with van der Waals surface area (Å²) in [6.45, 7) is 2.39. The second-order valence-corrected chi connectivity index (χ2v) is 6.93. The summed E-state index contributed by atoms with van der Waals surface area (Å²) in [6, 6.07) is 13.3. The van der Waals surface area contributed by atoms with E-state index in [1.165, 1.54) is 12.1 Å². The number of β-amino-alcohol motifs (C(OH)–C–C–N with tert-alkyl or cyclic N) is 1. The van der Waals surface area contributed by atoms with Gasteiger partial charge in [-0.3, -0.25) is 0 Å². The second kappa shape index (κ2) is 9.21. The van der Waals surface area contributed by atoms with Crippen LogP contribution in [0.4, 0.5) is 4.39 Å². The Kier molecular flexibility index (Phi) is 6.72. The average molecular weight is 380 g/mol. The number of hydrogen-bond donors (Lipinski definition) is 1. The van der Waals surface area contributed by atoms with Gasteiger partial charge in [0.1, 0.15) is 36.1 Å². The van der Waals surface area contributed by atoms with Gasteiger partial charge in [-0.15, -0.1) is 0 Å². The second-order valence-electron chi connectivity index (χ2n) is 6.49. The number of rotatable bonds is 7. The molecular weight excluding hydrogens is 357 g/mol. The summed E-state index contributed by atoms with van der Waals surface area (Å²) in [5.74, 6) is 0.912. The Labute approximate surface area is 158 Å². The van der Waals surface area contributed by atoms with Crippen LogP contribution in [0.25, 0.3) is 0 Å². The van der Waals surface area contributed by atoms with Crippen LogP contribution in [0.1, 0.15) is 12.8 Å². The summed E-state index contributed by atoms with van der Waals surface area (Å²) in [6.07, 6.45) is 1.36. The summed E-state index contributed by atoms with van der Waals surface area (Å²) >= 11 is 5.88. The van der Waals surface area contributed by atoms with Crippen molar-refractivity contribution in [3.8, 4) is 11.5 Å². The van der Waals surface area contributed by atoms with Crippen molar-refractivity contribution in [1.82, 2.24) is 4.90 Å². The fourth-order valence-corrected chi connectivity index (χ4v) is 3.14. The predicted molar refractivity (Wildman–Crippen MR) is 99.4 cm³/mol. The number of benzene rings is 2. The average Bonchev–Trinajstić information content (AvgIpc) is 2.64. The molecule has 0 saturated carbocycles. The summed E-state index contributed by atoms with van der Waals surface area (Å²) in [5, 5.41) is 10.9. The molecule has 1 aliphatic rings. The van der Waals surface area contributed by atoms with Crippen molar-refractivity contribution >= 4 is 11.6 Å². The van der Waals surface area contributed by atoms with Crippen molar-refractivity contribution < 1.29 is 19.0 Å². The van der Waals surface area contributed by atoms with Gasteiger partial charge in [0.2, 0.25) is 0 Å². The van der Waals surface area contributed by atoms with Gasteiger partial charge in [0, 0.05) is 30.7 Å².